The van der Waals surface area contributed by atoms with Gasteiger partial charge in [-0.1, -0.05) is 34.8 Å². The lowest BCUT2D eigenvalue weighted by Gasteiger charge is -2.15. The topological polar surface area (TPSA) is 54.9 Å². The van der Waals surface area contributed by atoms with E-state index in [4.69, 9.17) is 34.8 Å². The van der Waals surface area contributed by atoms with Crippen molar-refractivity contribution in [2.75, 3.05) is 0 Å². The molecule has 0 aliphatic carbocycles. The molecule has 22 heavy (non-hydrogen) atoms. The third-order valence-electron chi connectivity index (χ3n) is 2.91. The molecule has 0 fully saturated rings. The van der Waals surface area contributed by atoms with Gasteiger partial charge in [-0.2, -0.15) is 0 Å². The average Bonchev–Trinajstić information content (AvgIpc) is 2.42. The van der Waals surface area contributed by atoms with Gasteiger partial charge in [-0.05, 0) is 41.6 Å². The van der Waals surface area contributed by atoms with E-state index < -0.39 is 0 Å². The molecule has 0 bridgehead atoms. The second-order valence-electron chi connectivity index (χ2n) is 4.55. The minimum atomic E-state index is -0.328. The molecule has 0 saturated heterocycles. The average molecular weight is 471 g/mol. The fraction of sp³-hybridized carbons (Fsp3) is 0.214. The molecule has 4 nitrogen and oxygen atoms in total. The molecule has 8 heteroatoms. The standard InChI is InChI=1S/C14H11Cl3IN3O/c1-7(13-11(16)4-8(18)6-20-13)21-12(22)5-9-10(15)2-3-19-14(9)17/h2-4,6-7H,5H2,1H3,(H,21,22). The van der Waals surface area contributed by atoms with Gasteiger partial charge >= 0.3 is 0 Å². The molecule has 1 amide bonds. The SMILES string of the molecule is CC(NC(=O)Cc1c(Cl)ccnc1Cl)c1ncc(I)cc1Cl. The summed E-state index contributed by atoms with van der Waals surface area (Å²) < 4.78 is 0.929. The normalized spacial score (nSPS) is 12.0. The van der Waals surface area contributed by atoms with Crippen LogP contribution in [0.4, 0.5) is 0 Å². The number of hydrogen-bond acceptors (Lipinski definition) is 3. The number of pyridine rings is 2. The first-order valence-electron chi connectivity index (χ1n) is 6.27. The summed E-state index contributed by atoms with van der Waals surface area (Å²) in [5.74, 6) is -0.235. The quantitative estimate of drug-likeness (QED) is 0.530. The summed E-state index contributed by atoms with van der Waals surface area (Å²) in [6.07, 6.45) is 3.22. The Morgan fingerprint density at radius 1 is 1.32 bits per heavy atom. The van der Waals surface area contributed by atoms with E-state index in [1.165, 1.54) is 6.20 Å². The van der Waals surface area contributed by atoms with Crippen molar-refractivity contribution in [2.24, 2.45) is 0 Å². The van der Waals surface area contributed by atoms with E-state index in [-0.39, 0.29) is 23.5 Å². The predicted octanol–water partition coefficient (Wildman–Crippen LogP) is 4.46. The lowest BCUT2D eigenvalue weighted by molar-refractivity contribution is -0.121. The maximum Gasteiger partial charge on any atom is 0.225 e. The van der Waals surface area contributed by atoms with E-state index in [0.717, 1.165) is 3.57 Å². The van der Waals surface area contributed by atoms with Gasteiger partial charge in [-0.3, -0.25) is 9.78 Å². The van der Waals surface area contributed by atoms with Crippen molar-refractivity contribution >= 4 is 63.3 Å². The van der Waals surface area contributed by atoms with Gasteiger partial charge < -0.3 is 5.32 Å². The predicted molar refractivity (Wildman–Crippen MR) is 96.5 cm³/mol. The van der Waals surface area contributed by atoms with Crippen LogP contribution in [-0.2, 0) is 11.2 Å². The van der Waals surface area contributed by atoms with Crippen LogP contribution in [0.5, 0.6) is 0 Å². The largest absolute Gasteiger partial charge is 0.348 e. The van der Waals surface area contributed by atoms with Gasteiger partial charge in [0.1, 0.15) is 5.15 Å². The van der Waals surface area contributed by atoms with Crippen LogP contribution in [-0.4, -0.2) is 15.9 Å². The molecule has 0 aromatic carbocycles. The van der Waals surface area contributed by atoms with Gasteiger partial charge in [0.25, 0.3) is 0 Å². The van der Waals surface area contributed by atoms with Gasteiger partial charge in [0.15, 0.2) is 0 Å². The maximum atomic E-state index is 12.2. The maximum absolute atomic E-state index is 12.2. The van der Waals surface area contributed by atoms with Crippen molar-refractivity contribution in [3.8, 4) is 0 Å². The van der Waals surface area contributed by atoms with Gasteiger partial charge in [-0.15, -0.1) is 0 Å². The van der Waals surface area contributed by atoms with E-state index in [1.807, 2.05) is 6.92 Å². The Morgan fingerprint density at radius 3 is 2.68 bits per heavy atom. The van der Waals surface area contributed by atoms with Crippen LogP contribution in [0.2, 0.25) is 15.2 Å². The molecule has 0 aliphatic heterocycles. The van der Waals surface area contributed by atoms with Crippen molar-refractivity contribution in [2.45, 2.75) is 19.4 Å². The Kier molecular flexibility index (Phi) is 6.26. The Morgan fingerprint density at radius 2 is 2.05 bits per heavy atom. The zero-order valence-electron chi connectivity index (χ0n) is 11.4. The molecule has 2 rings (SSSR count). The van der Waals surface area contributed by atoms with Gasteiger partial charge in [0.05, 0.1) is 23.2 Å². The number of aromatic nitrogens is 2. The Bertz CT molecular complexity index is 691. The summed E-state index contributed by atoms with van der Waals surface area (Å²) in [4.78, 5) is 20.3. The van der Waals surface area contributed by atoms with E-state index >= 15 is 0 Å². The fourth-order valence-electron chi connectivity index (χ4n) is 1.87. The first-order valence-corrected chi connectivity index (χ1v) is 8.49. The van der Waals surface area contributed by atoms with Gasteiger partial charge in [0.2, 0.25) is 5.91 Å². The smallest absolute Gasteiger partial charge is 0.225 e. The lowest BCUT2D eigenvalue weighted by Crippen LogP contribution is -2.29. The van der Waals surface area contributed by atoms with Crippen LogP contribution in [0.1, 0.15) is 24.2 Å². The second-order valence-corrected chi connectivity index (χ2v) is 6.97. The molecule has 1 unspecified atom stereocenters. The highest BCUT2D eigenvalue weighted by atomic mass is 127. The Balaban J connectivity index is 2.08. The number of carbonyl (C=O) groups excluding carboxylic acids is 1. The number of rotatable bonds is 4. The molecule has 1 atom stereocenters. The zero-order chi connectivity index (χ0) is 16.3. The molecule has 0 radical (unpaired) electrons. The molecular weight excluding hydrogens is 459 g/mol. The molecular formula is C14H11Cl3IN3O. The molecule has 0 saturated carbocycles. The summed E-state index contributed by atoms with van der Waals surface area (Å²) in [6.45, 7) is 1.81. The first-order chi connectivity index (χ1) is 10.4. The summed E-state index contributed by atoms with van der Waals surface area (Å²) in [7, 11) is 0. The third-order valence-corrected chi connectivity index (χ3v) is 4.48. The number of halogens is 4. The lowest BCUT2D eigenvalue weighted by atomic mass is 10.1. The Hall–Kier alpha value is -0.630. The summed E-state index contributed by atoms with van der Waals surface area (Å²) >= 11 is 20.3. The number of amides is 1. The zero-order valence-corrected chi connectivity index (χ0v) is 15.8. The third kappa shape index (κ3) is 4.44. The van der Waals surface area contributed by atoms with E-state index in [9.17, 15) is 4.79 Å². The molecule has 0 aliphatic rings. The van der Waals surface area contributed by atoms with E-state index in [1.54, 1.807) is 18.3 Å². The highest BCUT2D eigenvalue weighted by Gasteiger charge is 2.17. The molecule has 2 aromatic heterocycles. The van der Waals surface area contributed by atoms with Crippen LogP contribution in [0.25, 0.3) is 0 Å². The van der Waals surface area contributed by atoms with Crippen molar-refractivity contribution in [1.29, 1.82) is 0 Å². The van der Waals surface area contributed by atoms with Crippen molar-refractivity contribution in [3.63, 3.8) is 0 Å². The van der Waals surface area contributed by atoms with Crippen LogP contribution in [0.15, 0.2) is 24.5 Å². The van der Waals surface area contributed by atoms with E-state index in [0.29, 0.717) is 21.3 Å². The highest BCUT2D eigenvalue weighted by molar-refractivity contribution is 14.1. The van der Waals surface area contributed by atoms with Crippen LogP contribution in [0, 0.1) is 3.57 Å². The fourth-order valence-corrected chi connectivity index (χ4v) is 3.32. The Labute approximate surface area is 156 Å². The number of nitrogens with one attached hydrogen (secondary N) is 1. The van der Waals surface area contributed by atoms with Crippen LogP contribution < -0.4 is 5.32 Å². The monoisotopic (exact) mass is 469 g/mol. The number of carbonyl (C=O) groups is 1. The molecule has 0 spiro atoms. The minimum Gasteiger partial charge on any atom is -0.348 e. The summed E-state index contributed by atoms with van der Waals surface area (Å²) in [6, 6.07) is 3.06. The molecule has 2 heterocycles. The van der Waals surface area contributed by atoms with Gasteiger partial charge in [-0.25, -0.2) is 4.98 Å². The molecule has 116 valence electrons. The highest BCUT2D eigenvalue weighted by Crippen LogP contribution is 2.24. The first kappa shape index (κ1) is 17.7. The summed E-state index contributed by atoms with van der Waals surface area (Å²) in [5.41, 5.74) is 1.11. The van der Waals surface area contributed by atoms with Crippen LogP contribution >= 0.6 is 57.4 Å². The minimum absolute atomic E-state index is 0.0395. The second kappa shape index (κ2) is 7.77. The molecule has 2 aromatic rings. The van der Waals surface area contributed by atoms with Gasteiger partial charge in [0, 0.05) is 26.5 Å². The number of hydrogen-bond donors (Lipinski definition) is 1. The van der Waals surface area contributed by atoms with Crippen molar-refractivity contribution in [1.82, 2.24) is 15.3 Å². The molecule has 1 N–H and O–H groups in total. The summed E-state index contributed by atoms with van der Waals surface area (Å²) in [5, 5.41) is 3.97. The number of nitrogens with zero attached hydrogens (tertiary/aromatic N) is 2. The van der Waals surface area contributed by atoms with Crippen molar-refractivity contribution in [3.05, 3.63) is 54.6 Å². The van der Waals surface area contributed by atoms with Crippen molar-refractivity contribution < 1.29 is 4.79 Å². The van der Waals surface area contributed by atoms with E-state index in [2.05, 4.69) is 37.9 Å². The van der Waals surface area contributed by atoms with Crippen LogP contribution in [0.3, 0.4) is 0 Å².